The summed E-state index contributed by atoms with van der Waals surface area (Å²) < 4.78 is 11.1. The van der Waals surface area contributed by atoms with Crippen molar-refractivity contribution in [1.29, 1.82) is 0 Å². The summed E-state index contributed by atoms with van der Waals surface area (Å²) in [6.07, 6.45) is 2.70. The second-order valence-corrected chi connectivity index (χ2v) is 6.11. The molecule has 0 bridgehead atoms. The van der Waals surface area contributed by atoms with Gasteiger partial charge in [-0.15, -0.1) is 6.58 Å². The number of nitrogen functional groups attached to an aromatic ring is 1. The highest BCUT2D eigenvalue weighted by Crippen LogP contribution is 2.39. The Morgan fingerprint density at radius 2 is 1.90 bits per heavy atom. The van der Waals surface area contributed by atoms with Crippen LogP contribution < -0.4 is 20.8 Å². The Bertz CT molecular complexity index is 1020. The third kappa shape index (κ3) is 4.23. The van der Waals surface area contributed by atoms with Gasteiger partial charge >= 0.3 is 11.9 Å². The summed E-state index contributed by atoms with van der Waals surface area (Å²) in [6, 6.07) is 2.97. The number of allylic oxidation sites excluding steroid dienone is 1. The molecular formula is C20H22N2O7. The van der Waals surface area contributed by atoms with Crippen LogP contribution in [0.2, 0.25) is 0 Å². The third-order valence-corrected chi connectivity index (χ3v) is 4.13. The van der Waals surface area contributed by atoms with E-state index in [-0.39, 0.29) is 16.9 Å². The number of aromatic nitrogens is 1. The molecule has 0 unspecified atom stereocenters. The second kappa shape index (κ2) is 8.96. The fraction of sp³-hybridized carbons (Fsp3) is 0.250. The van der Waals surface area contributed by atoms with Gasteiger partial charge in [0.2, 0.25) is 0 Å². The Morgan fingerprint density at radius 3 is 2.41 bits per heavy atom. The lowest BCUT2D eigenvalue weighted by atomic mass is 9.93. The summed E-state index contributed by atoms with van der Waals surface area (Å²) in [5.41, 5.74) is 3.87. The molecule has 2 aromatic rings. The van der Waals surface area contributed by atoms with Crippen molar-refractivity contribution >= 4 is 17.8 Å². The number of hydrogen-bond acceptors (Lipinski definition) is 6. The van der Waals surface area contributed by atoms with E-state index in [0.717, 1.165) is 6.42 Å². The van der Waals surface area contributed by atoms with Gasteiger partial charge in [0.1, 0.15) is 16.9 Å². The maximum Gasteiger partial charge on any atom is 0.342 e. The monoisotopic (exact) mass is 402 g/mol. The molecule has 29 heavy (non-hydrogen) atoms. The van der Waals surface area contributed by atoms with Crippen LogP contribution >= 0.6 is 0 Å². The van der Waals surface area contributed by atoms with Crippen LogP contribution in [0.3, 0.4) is 0 Å². The number of methoxy groups -OCH3 is 1. The summed E-state index contributed by atoms with van der Waals surface area (Å²) in [5, 5.41) is 19.2. The normalized spacial score (nSPS) is 10.4. The van der Waals surface area contributed by atoms with Crippen molar-refractivity contribution in [2.24, 2.45) is 0 Å². The number of carboxylic acid groups (broad SMARTS) is 2. The summed E-state index contributed by atoms with van der Waals surface area (Å²) >= 11 is 0. The lowest BCUT2D eigenvalue weighted by molar-refractivity contribution is 0.0695. The summed E-state index contributed by atoms with van der Waals surface area (Å²) in [4.78, 5) is 37.9. The molecule has 5 N–H and O–H groups in total. The number of carboxylic acids is 2. The molecule has 2 rings (SSSR count). The van der Waals surface area contributed by atoms with Crippen molar-refractivity contribution in [3.63, 3.8) is 0 Å². The molecule has 9 nitrogen and oxygen atoms in total. The van der Waals surface area contributed by atoms with Gasteiger partial charge in [-0.3, -0.25) is 4.79 Å². The largest absolute Gasteiger partial charge is 0.493 e. The first-order valence-electron chi connectivity index (χ1n) is 8.74. The molecule has 154 valence electrons. The summed E-state index contributed by atoms with van der Waals surface area (Å²) in [5.74, 6) is -2.81. The van der Waals surface area contributed by atoms with Crippen molar-refractivity contribution in [3.05, 3.63) is 51.8 Å². The van der Waals surface area contributed by atoms with Gasteiger partial charge < -0.3 is 30.4 Å². The minimum Gasteiger partial charge on any atom is -0.493 e. The van der Waals surface area contributed by atoms with E-state index in [1.807, 2.05) is 6.92 Å². The molecule has 0 aliphatic heterocycles. The van der Waals surface area contributed by atoms with Gasteiger partial charge in [-0.25, -0.2) is 9.59 Å². The quantitative estimate of drug-likeness (QED) is 0.467. The lowest BCUT2D eigenvalue weighted by Gasteiger charge is -2.18. The molecule has 0 atom stereocenters. The number of aromatic carboxylic acids is 2. The van der Waals surface area contributed by atoms with E-state index in [1.54, 1.807) is 12.1 Å². The highest BCUT2D eigenvalue weighted by molar-refractivity contribution is 6.07. The number of pyridine rings is 1. The lowest BCUT2D eigenvalue weighted by Crippen LogP contribution is -2.24. The predicted octanol–water partition coefficient (Wildman–Crippen LogP) is 2.55. The first kappa shape index (κ1) is 21.5. The van der Waals surface area contributed by atoms with Gasteiger partial charge in [-0.05, 0) is 30.5 Å². The van der Waals surface area contributed by atoms with Crippen LogP contribution in [0.15, 0.2) is 29.6 Å². The second-order valence-electron chi connectivity index (χ2n) is 6.11. The molecule has 0 saturated heterocycles. The Hall–Kier alpha value is -3.75. The standard InChI is InChI=1S/C20H22N2O7/c1-4-6-10-8-11(9-12(28-3)16(10)29-7-5-2)13-14(19(24)25)17(21)22-18(23)15(13)20(26)27/h4,8-9H,1,5-7H2,2-3H3,(H,24,25)(H,26,27)(H3,21,22,23). The van der Waals surface area contributed by atoms with Crippen molar-refractivity contribution in [3.8, 4) is 22.6 Å². The number of anilines is 1. The highest BCUT2D eigenvalue weighted by Gasteiger charge is 2.28. The molecule has 9 heteroatoms. The molecule has 1 aromatic heterocycles. The van der Waals surface area contributed by atoms with Gasteiger partial charge in [0.25, 0.3) is 5.56 Å². The number of H-pyrrole nitrogens is 1. The number of nitrogens with one attached hydrogen (secondary N) is 1. The number of hydrogen-bond donors (Lipinski definition) is 4. The maximum atomic E-state index is 12.2. The molecule has 0 saturated carbocycles. The van der Waals surface area contributed by atoms with E-state index < -0.39 is 34.4 Å². The van der Waals surface area contributed by atoms with Crippen molar-refractivity contribution in [1.82, 2.24) is 4.98 Å². The molecular weight excluding hydrogens is 380 g/mol. The molecule has 0 spiro atoms. The van der Waals surface area contributed by atoms with Crippen LogP contribution in [0.25, 0.3) is 11.1 Å². The number of nitrogens with two attached hydrogens (primary N) is 1. The molecule has 0 radical (unpaired) electrons. The van der Waals surface area contributed by atoms with Gasteiger partial charge in [0.05, 0.1) is 13.7 Å². The first-order valence-corrected chi connectivity index (χ1v) is 8.74. The molecule has 1 aromatic carbocycles. The fourth-order valence-electron chi connectivity index (χ4n) is 2.97. The Morgan fingerprint density at radius 1 is 1.24 bits per heavy atom. The van der Waals surface area contributed by atoms with E-state index in [4.69, 9.17) is 15.2 Å². The molecule has 0 amide bonds. The van der Waals surface area contributed by atoms with E-state index in [2.05, 4.69) is 11.6 Å². The van der Waals surface area contributed by atoms with Gasteiger partial charge in [0.15, 0.2) is 11.5 Å². The summed E-state index contributed by atoms with van der Waals surface area (Å²) in [6.45, 7) is 6.05. The Balaban J connectivity index is 2.95. The number of carbonyl (C=O) groups is 2. The SMILES string of the molecule is C=CCc1cc(-c2c(C(=O)O)c(N)[nH]c(=O)c2C(=O)O)cc(OC)c1OCCC. The third-order valence-electron chi connectivity index (χ3n) is 4.13. The number of benzene rings is 1. The Kier molecular flexibility index (Phi) is 6.66. The van der Waals surface area contributed by atoms with Gasteiger partial charge in [-0.2, -0.15) is 0 Å². The van der Waals surface area contributed by atoms with Crippen LogP contribution in [0.1, 0.15) is 39.6 Å². The van der Waals surface area contributed by atoms with Gasteiger partial charge in [-0.1, -0.05) is 13.0 Å². The smallest absolute Gasteiger partial charge is 0.342 e. The van der Waals surface area contributed by atoms with Crippen LogP contribution in [0, 0.1) is 0 Å². The van der Waals surface area contributed by atoms with E-state index >= 15 is 0 Å². The highest BCUT2D eigenvalue weighted by atomic mass is 16.5. The zero-order valence-electron chi connectivity index (χ0n) is 16.1. The van der Waals surface area contributed by atoms with Crippen molar-refractivity contribution in [2.45, 2.75) is 19.8 Å². The minimum atomic E-state index is -1.58. The summed E-state index contributed by atoms with van der Waals surface area (Å²) in [7, 11) is 1.40. The van der Waals surface area contributed by atoms with E-state index in [1.165, 1.54) is 13.2 Å². The molecule has 0 aliphatic rings. The topological polar surface area (TPSA) is 152 Å². The number of ether oxygens (including phenoxy) is 2. The van der Waals surface area contributed by atoms with Gasteiger partial charge in [0, 0.05) is 11.1 Å². The van der Waals surface area contributed by atoms with Crippen LogP contribution in [0.5, 0.6) is 11.5 Å². The van der Waals surface area contributed by atoms with E-state index in [9.17, 15) is 24.6 Å². The van der Waals surface area contributed by atoms with E-state index in [0.29, 0.717) is 24.3 Å². The fourth-order valence-corrected chi connectivity index (χ4v) is 2.97. The minimum absolute atomic E-state index is 0.148. The van der Waals surface area contributed by atoms with Crippen molar-refractivity contribution in [2.75, 3.05) is 19.5 Å². The molecule has 0 fully saturated rings. The van der Waals surface area contributed by atoms with Crippen LogP contribution in [-0.2, 0) is 6.42 Å². The zero-order valence-corrected chi connectivity index (χ0v) is 16.1. The number of rotatable bonds is 9. The average Bonchev–Trinajstić information content (AvgIpc) is 2.65. The maximum absolute atomic E-state index is 12.2. The van der Waals surface area contributed by atoms with Crippen molar-refractivity contribution < 1.29 is 29.3 Å². The molecule has 1 heterocycles. The Labute approximate surface area is 166 Å². The molecule has 0 aliphatic carbocycles. The predicted molar refractivity (Wildman–Crippen MR) is 107 cm³/mol. The first-order chi connectivity index (χ1) is 13.8. The number of aromatic amines is 1. The zero-order chi connectivity index (χ0) is 21.7. The van der Waals surface area contributed by atoms with Crippen LogP contribution in [-0.4, -0.2) is 40.9 Å². The average molecular weight is 402 g/mol. The van der Waals surface area contributed by atoms with Crippen LogP contribution in [0.4, 0.5) is 5.82 Å².